The van der Waals surface area contributed by atoms with Gasteiger partial charge in [0.05, 0.1) is 18.0 Å². The Morgan fingerprint density at radius 1 is 0.945 bits per heavy atom. The Morgan fingerprint density at radius 2 is 1.73 bits per heavy atom. The number of sulfonamides is 1. The molecule has 5 aliphatic rings. The zero-order valence-corrected chi connectivity index (χ0v) is 31.6. The monoisotopic (exact) mass is 799 g/mol. The van der Waals surface area contributed by atoms with Gasteiger partial charge in [0.1, 0.15) is 35.6 Å². The molecular weight excluding hydrogens is 757 g/mol. The molecule has 2 aliphatic carbocycles. The third kappa shape index (κ3) is 8.44. The molecule has 2 aromatic rings. The van der Waals surface area contributed by atoms with Gasteiger partial charge in [-0.2, -0.15) is 0 Å². The van der Waals surface area contributed by atoms with Crippen LogP contribution >= 0.6 is 11.6 Å². The number of benzene rings is 2. The molecule has 14 nitrogen and oxygen atoms in total. The third-order valence-electron chi connectivity index (χ3n) is 11.1. The van der Waals surface area contributed by atoms with Crippen LogP contribution in [-0.4, -0.2) is 84.5 Å². The maximum Gasteiger partial charge on any atom is 0.410 e. The van der Waals surface area contributed by atoms with Gasteiger partial charge < -0.3 is 25.0 Å². The normalized spacial score (nSPS) is 27.5. The van der Waals surface area contributed by atoms with E-state index in [9.17, 15) is 36.8 Å². The van der Waals surface area contributed by atoms with E-state index in [1.54, 1.807) is 18.2 Å². The lowest BCUT2D eigenvalue weighted by Crippen LogP contribution is -2.58. The first-order valence-electron chi connectivity index (χ1n) is 18.6. The minimum atomic E-state index is -4.36. The summed E-state index contributed by atoms with van der Waals surface area (Å²) in [5, 5.41) is 5.77. The molecule has 5 atom stereocenters. The van der Waals surface area contributed by atoms with Gasteiger partial charge in [0.15, 0.2) is 0 Å². The fraction of sp³-hybridized carbons (Fsp3) is 0.500. The van der Waals surface area contributed by atoms with Crippen molar-refractivity contribution < 1.29 is 46.3 Å². The minimum Gasteiger partial charge on any atom is -0.446 e. The van der Waals surface area contributed by atoms with E-state index in [0.717, 1.165) is 25.7 Å². The molecule has 3 N–H and O–H groups in total. The lowest BCUT2D eigenvalue weighted by atomic mass is 9.96. The van der Waals surface area contributed by atoms with E-state index in [0.29, 0.717) is 35.4 Å². The van der Waals surface area contributed by atoms with Gasteiger partial charge in [-0.15, -0.1) is 0 Å². The second-order valence-corrected chi connectivity index (χ2v) is 17.0. The second kappa shape index (κ2) is 15.8. The van der Waals surface area contributed by atoms with Crippen molar-refractivity contribution in [3.8, 4) is 0 Å². The quantitative estimate of drug-likeness (QED) is 0.356. The molecule has 55 heavy (non-hydrogen) atoms. The number of carbonyl (C=O) groups is 5. The van der Waals surface area contributed by atoms with E-state index in [2.05, 4.69) is 15.4 Å². The minimum absolute atomic E-state index is 0.0132. The van der Waals surface area contributed by atoms with Gasteiger partial charge in [-0.25, -0.2) is 27.1 Å². The first-order chi connectivity index (χ1) is 26.3. The lowest BCUT2D eigenvalue weighted by molar-refractivity contribution is -0.141. The highest BCUT2D eigenvalue weighted by Gasteiger charge is 2.61. The number of hydrogen-bond donors (Lipinski definition) is 3. The summed E-state index contributed by atoms with van der Waals surface area (Å²) in [5.41, 5.74) is -0.639. The Bertz CT molecular complexity index is 2000. The van der Waals surface area contributed by atoms with Crippen LogP contribution in [0.1, 0.15) is 75.3 Å². The number of nitrogens with one attached hydrogen (secondary N) is 3. The maximum atomic E-state index is 14.5. The highest BCUT2D eigenvalue weighted by molar-refractivity contribution is 7.90. The highest BCUT2D eigenvalue weighted by atomic mass is 35.5. The van der Waals surface area contributed by atoms with E-state index < -0.39 is 75.4 Å². The van der Waals surface area contributed by atoms with Crippen LogP contribution in [0.3, 0.4) is 0 Å². The summed E-state index contributed by atoms with van der Waals surface area (Å²) < 4.78 is 54.4. The molecule has 1 saturated heterocycles. The predicted octanol–water partition coefficient (Wildman–Crippen LogP) is 4.45. The van der Waals surface area contributed by atoms with E-state index in [1.807, 2.05) is 6.08 Å². The average Bonchev–Trinajstić information content (AvgIpc) is 3.42. The van der Waals surface area contributed by atoms with Crippen molar-refractivity contribution in [1.29, 1.82) is 0 Å². The van der Waals surface area contributed by atoms with Crippen LogP contribution in [0.15, 0.2) is 59.5 Å². The van der Waals surface area contributed by atoms with Gasteiger partial charge in [-0.3, -0.25) is 19.3 Å². The van der Waals surface area contributed by atoms with Crippen molar-refractivity contribution in [3.63, 3.8) is 0 Å². The van der Waals surface area contributed by atoms with Crippen LogP contribution < -0.4 is 15.4 Å². The van der Waals surface area contributed by atoms with Gasteiger partial charge in [-0.05, 0) is 80.8 Å². The number of rotatable bonds is 6. The van der Waals surface area contributed by atoms with Gasteiger partial charge in [0, 0.05) is 29.5 Å². The molecule has 0 spiro atoms. The summed E-state index contributed by atoms with van der Waals surface area (Å²) in [6.45, 7) is -0.104. The number of carbonyl (C=O) groups excluding carboxylic acids is 5. The standard InChI is InChI=1S/C38H43ClFN5O9S/c39-25-14-16-28(17-15-25)55(51,52)43-35(48)38-19-24(38)9-4-2-1-3-5-13-31(41-36(49)53-26-10-7-11-26)34(47)45-21-27(18-32(45)33(46)42-38)54-37(50)44-20-23-8-6-12-30(40)29(23)22-44/h4,6,8-9,12,14-17,24,26-27,31-32H,1-3,5,7,10-11,13,18-22H2,(H,41,49)(H,42,46)(H,43,48)/b9-4-/t24-,27+,31-,32-,38-/m0/s1. The molecule has 294 valence electrons. The Morgan fingerprint density at radius 3 is 2.45 bits per heavy atom. The number of amides is 5. The Balaban J connectivity index is 1.13. The fourth-order valence-corrected chi connectivity index (χ4v) is 8.76. The van der Waals surface area contributed by atoms with Gasteiger partial charge in [-0.1, -0.05) is 48.7 Å². The molecule has 0 radical (unpaired) electrons. The van der Waals surface area contributed by atoms with Crippen molar-refractivity contribution in [1.82, 2.24) is 25.2 Å². The van der Waals surface area contributed by atoms with Crippen LogP contribution in [0.4, 0.5) is 14.0 Å². The highest BCUT2D eigenvalue weighted by Crippen LogP contribution is 2.46. The molecule has 7 rings (SSSR count). The van der Waals surface area contributed by atoms with Crippen LogP contribution in [0.5, 0.6) is 0 Å². The Labute approximate surface area is 323 Å². The second-order valence-electron chi connectivity index (χ2n) is 14.9. The SMILES string of the molecule is O=C(N[C@H]1CCCCC/C=C\[C@H]2C[C@]2(C(=O)NS(=O)(=O)c2ccc(Cl)cc2)NC(=O)[C@@H]2C[C@@H](OC(=O)N3Cc4cccc(F)c4C3)CN2C1=O)OC1CCC1. The first-order valence-corrected chi connectivity index (χ1v) is 20.5. The molecule has 0 aromatic heterocycles. The summed E-state index contributed by atoms with van der Waals surface area (Å²) in [6.07, 6.45) is 6.20. The summed E-state index contributed by atoms with van der Waals surface area (Å²) in [7, 11) is -4.36. The largest absolute Gasteiger partial charge is 0.446 e. The van der Waals surface area contributed by atoms with E-state index in [1.165, 1.54) is 40.1 Å². The van der Waals surface area contributed by atoms with E-state index >= 15 is 0 Å². The molecule has 0 unspecified atom stereocenters. The number of allylic oxidation sites excluding steroid dienone is 1. The van der Waals surface area contributed by atoms with Crippen LogP contribution in [-0.2, 0) is 47.0 Å². The Hall–Kier alpha value is -4.70. The molecule has 17 heteroatoms. The summed E-state index contributed by atoms with van der Waals surface area (Å²) in [5.74, 6) is -3.29. The lowest BCUT2D eigenvalue weighted by Gasteiger charge is -2.31. The van der Waals surface area contributed by atoms with Crippen molar-refractivity contribution in [2.24, 2.45) is 5.92 Å². The number of halogens is 2. The van der Waals surface area contributed by atoms with Crippen molar-refractivity contribution in [2.45, 2.75) is 112 Å². The molecule has 3 fully saturated rings. The van der Waals surface area contributed by atoms with Gasteiger partial charge in [0.25, 0.3) is 15.9 Å². The first kappa shape index (κ1) is 38.6. The molecular formula is C38H43ClFN5O9S. The molecule has 5 amide bonds. The zero-order valence-electron chi connectivity index (χ0n) is 30.0. The molecule has 0 bridgehead atoms. The van der Waals surface area contributed by atoms with E-state index in [4.69, 9.17) is 21.1 Å². The molecule has 2 saturated carbocycles. The summed E-state index contributed by atoms with van der Waals surface area (Å²) in [6, 6.07) is 7.51. The summed E-state index contributed by atoms with van der Waals surface area (Å²) in [4.78, 5) is 71.2. The number of nitrogens with zero attached hydrogens (tertiary/aromatic N) is 2. The van der Waals surface area contributed by atoms with Crippen molar-refractivity contribution >= 4 is 51.5 Å². The fourth-order valence-electron chi connectivity index (χ4n) is 7.59. The number of alkyl carbamates (subject to hydrolysis) is 1. The van der Waals surface area contributed by atoms with Crippen molar-refractivity contribution in [3.05, 3.63) is 76.6 Å². The number of hydrogen-bond acceptors (Lipinski definition) is 9. The Kier molecular flexibility index (Phi) is 11.1. The van der Waals surface area contributed by atoms with Crippen LogP contribution in [0, 0.1) is 11.7 Å². The molecule has 2 aromatic carbocycles. The molecule has 3 aliphatic heterocycles. The van der Waals surface area contributed by atoms with Gasteiger partial charge in [0.2, 0.25) is 11.8 Å². The topological polar surface area (TPSA) is 181 Å². The number of fused-ring (bicyclic) bond motifs is 3. The zero-order chi connectivity index (χ0) is 38.9. The van der Waals surface area contributed by atoms with Crippen molar-refractivity contribution in [2.75, 3.05) is 6.54 Å². The third-order valence-corrected chi connectivity index (χ3v) is 12.7. The smallest absolute Gasteiger partial charge is 0.410 e. The predicted molar refractivity (Wildman–Crippen MR) is 195 cm³/mol. The molecule has 3 heterocycles. The summed E-state index contributed by atoms with van der Waals surface area (Å²) >= 11 is 5.93. The van der Waals surface area contributed by atoms with E-state index in [-0.39, 0.29) is 49.9 Å². The van der Waals surface area contributed by atoms with Gasteiger partial charge >= 0.3 is 12.2 Å². The average molecular weight is 800 g/mol. The maximum absolute atomic E-state index is 14.5. The number of ether oxygens (including phenoxy) is 2. The van der Waals surface area contributed by atoms with Crippen LogP contribution in [0.25, 0.3) is 0 Å². The van der Waals surface area contributed by atoms with Crippen LogP contribution in [0.2, 0.25) is 5.02 Å².